The zero-order valence-electron chi connectivity index (χ0n) is 18.5. The van der Waals surface area contributed by atoms with Crippen molar-refractivity contribution in [2.75, 3.05) is 13.2 Å². The lowest BCUT2D eigenvalue weighted by Gasteiger charge is -2.25. The van der Waals surface area contributed by atoms with Crippen molar-refractivity contribution < 1.29 is 9.53 Å². The molecule has 7 nitrogen and oxygen atoms in total. The van der Waals surface area contributed by atoms with E-state index in [9.17, 15) is 9.59 Å². The predicted octanol–water partition coefficient (Wildman–Crippen LogP) is 3.93. The summed E-state index contributed by atoms with van der Waals surface area (Å²) in [5.74, 6) is 0.558. The number of amides is 1. The summed E-state index contributed by atoms with van der Waals surface area (Å²) in [6, 6.07) is 15.5. The number of hydrogen-bond acceptors (Lipinski definition) is 4. The fraction of sp³-hybridized carbons (Fsp3) is 0.346. The summed E-state index contributed by atoms with van der Waals surface area (Å²) in [5.41, 5.74) is 2.80. The van der Waals surface area contributed by atoms with E-state index < -0.39 is 0 Å². The van der Waals surface area contributed by atoms with Gasteiger partial charge < -0.3 is 19.6 Å². The smallest absolute Gasteiger partial charge is 0.258 e. The maximum absolute atomic E-state index is 13.2. The van der Waals surface area contributed by atoms with Gasteiger partial charge in [0.1, 0.15) is 5.82 Å². The second kappa shape index (κ2) is 9.58. The van der Waals surface area contributed by atoms with Crippen LogP contribution >= 0.6 is 0 Å². The molecular weight excluding hydrogens is 416 g/mol. The van der Waals surface area contributed by atoms with Crippen LogP contribution in [0.5, 0.6) is 0 Å². The summed E-state index contributed by atoms with van der Waals surface area (Å²) < 4.78 is 5.79. The number of hydrogen-bond donors (Lipinski definition) is 2. The van der Waals surface area contributed by atoms with E-state index >= 15 is 0 Å². The third-order valence-electron chi connectivity index (χ3n) is 6.31. The molecule has 0 aliphatic carbocycles. The highest BCUT2D eigenvalue weighted by Crippen LogP contribution is 2.20. The number of rotatable bonds is 8. The Labute approximate surface area is 191 Å². The quantitative estimate of drug-likeness (QED) is 0.431. The highest BCUT2D eigenvalue weighted by atomic mass is 16.5. The molecule has 1 aliphatic heterocycles. The minimum Gasteiger partial charge on any atom is -0.376 e. The number of ether oxygens (including phenoxy) is 1. The second-order valence-corrected chi connectivity index (χ2v) is 8.65. The van der Waals surface area contributed by atoms with Gasteiger partial charge in [0, 0.05) is 36.7 Å². The summed E-state index contributed by atoms with van der Waals surface area (Å²) in [7, 11) is 0. The zero-order chi connectivity index (χ0) is 22.6. The van der Waals surface area contributed by atoms with Gasteiger partial charge in [-0.1, -0.05) is 30.3 Å². The average Bonchev–Trinajstić information content (AvgIpc) is 3.49. The molecule has 1 fully saturated rings. The molecule has 4 aromatic rings. The summed E-state index contributed by atoms with van der Waals surface area (Å²) in [5, 5.41) is 1.76. The van der Waals surface area contributed by atoms with Crippen molar-refractivity contribution in [3.05, 3.63) is 76.5 Å². The Kier molecular flexibility index (Phi) is 6.21. The van der Waals surface area contributed by atoms with Crippen LogP contribution < -0.4 is 5.56 Å². The van der Waals surface area contributed by atoms with E-state index in [0.29, 0.717) is 29.7 Å². The maximum Gasteiger partial charge on any atom is 0.258 e. The SMILES string of the molecule is O=C(CCCc1c[nH]c2ccccc12)N(Cc1nc2ccccc2c(=O)[nH]1)C[C@H]1CCCO1. The number of benzene rings is 2. The first-order chi connectivity index (χ1) is 16.2. The molecule has 0 unspecified atom stereocenters. The van der Waals surface area contributed by atoms with Crippen LogP contribution in [0.25, 0.3) is 21.8 Å². The van der Waals surface area contributed by atoms with Gasteiger partial charge >= 0.3 is 0 Å². The van der Waals surface area contributed by atoms with Gasteiger partial charge in [0.05, 0.1) is 23.6 Å². The van der Waals surface area contributed by atoms with Gasteiger partial charge in [-0.25, -0.2) is 4.98 Å². The van der Waals surface area contributed by atoms with Crippen LogP contribution in [-0.2, 0) is 22.5 Å². The van der Waals surface area contributed by atoms with E-state index in [1.165, 1.54) is 10.9 Å². The fourth-order valence-electron chi connectivity index (χ4n) is 4.61. The van der Waals surface area contributed by atoms with Crippen LogP contribution in [-0.4, -0.2) is 45.0 Å². The molecular formula is C26H28N4O3. The topological polar surface area (TPSA) is 91.1 Å². The first-order valence-corrected chi connectivity index (χ1v) is 11.6. The Hall–Kier alpha value is -3.45. The molecule has 3 heterocycles. The summed E-state index contributed by atoms with van der Waals surface area (Å²) in [6.45, 7) is 1.52. The highest BCUT2D eigenvalue weighted by molar-refractivity contribution is 5.83. The monoisotopic (exact) mass is 444 g/mol. The van der Waals surface area contributed by atoms with Crippen LogP contribution in [0.15, 0.2) is 59.5 Å². The number of H-pyrrole nitrogens is 2. The first kappa shape index (κ1) is 21.4. The molecule has 1 amide bonds. The molecule has 170 valence electrons. The molecule has 0 saturated carbocycles. The zero-order valence-corrected chi connectivity index (χ0v) is 18.5. The lowest BCUT2D eigenvalue weighted by molar-refractivity contribution is -0.133. The fourth-order valence-corrected chi connectivity index (χ4v) is 4.61. The molecule has 7 heteroatoms. The van der Waals surface area contributed by atoms with E-state index in [0.717, 1.165) is 37.8 Å². The number of carbonyl (C=O) groups is 1. The molecule has 0 spiro atoms. The van der Waals surface area contributed by atoms with Crippen molar-refractivity contribution in [1.29, 1.82) is 0 Å². The second-order valence-electron chi connectivity index (χ2n) is 8.65. The normalized spacial score (nSPS) is 15.9. The molecule has 2 aromatic heterocycles. The lowest BCUT2D eigenvalue weighted by Crippen LogP contribution is -2.37. The Bertz CT molecular complexity index is 1320. The molecule has 2 N–H and O–H groups in total. The van der Waals surface area contributed by atoms with Gasteiger partial charge in [0.15, 0.2) is 0 Å². The van der Waals surface area contributed by atoms with Crippen LogP contribution in [0, 0.1) is 0 Å². The number of aryl methyl sites for hydroxylation is 1. The number of nitrogens with one attached hydrogen (secondary N) is 2. The summed E-state index contributed by atoms with van der Waals surface area (Å²) in [6.07, 6.45) is 6.04. The number of carbonyl (C=O) groups excluding carboxylic acids is 1. The minimum absolute atomic E-state index is 0.0368. The Morgan fingerprint density at radius 3 is 2.79 bits per heavy atom. The minimum atomic E-state index is -0.181. The van der Waals surface area contributed by atoms with Gasteiger partial charge in [-0.05, 0) is 49.4 Å². The van der Waals surface area contributed by atoms with Crippen molar-refractivity contribution in [3.8, 4) is 0 Å². The van der Waals surface area contributed by atoms with E-state index in [1.54, 1.807) is 11.0 Å². The van der Waals surface area contributed by atoms with Crippen molar-refractivity contribution in [2.24, 2.45) is 0 Å². The van der Waals surface area contributed by atoms with E-state index in [2.05, 4.69) is 27.1 Å². The van der Waals surface area contributed by atoms with Crippen LogP contribution in [0.1, 0.15) is 37.1 Å². The Balaban J connectivity index is 1.29. The Morgan fingerprint density at radius 2 is 1.94 bits per heavy atom. The summed E-state index contributed by atoms with van der Waals surface area (Å²) >= 11 is 0. The van der Waals surface area contributed by atoms with E-state index in [4.69, 9.17) is 4.74 Å². The predicted molar refractivity (Wildman–Crippen MR) is 128 cm³/mol. The third kappa shape index (κ3) is 4.83. The standard InChI is InChI=1S/C26H28N4O3/c31-25(13-5-7-18-15-27-22-11-3-1-9-20(18)22)30(16-19-8-6-14-33-19)17-24-28-23-12-4-2-10-21(23)26(32)29-24/h1-4,9-12,15,19,27H,5-8,13-14,16-17H2,(H,28,29,32)/t19-/m1/s1. The van der Waals surface area contributed by atoms with Crippen molar-refractivity contribution >= 4 is 27.7 Å². The van der Waals surface area contributed by atoms with Crippen LogP contribution in [0.2, 0.25) is 0 Å². The molecule has 1 atom stereocenters. The van der Waals surface area contributed by atoms with Crippen molar-refractivity contribution in [2.45, 2.75) is 44.8 Å². The van der Waals surface area contributed by atoms with Gasteiger partial charge in [-0.3, -0.25) is 9.59 Å². The number of aromatic nitrogens is 3. The third-order valence-corrected chi connectivity index (χ3v) is 6.31. The molecule has 33 heavy (non-hydrogen) atoms. The summed E-state index contributed by atoms with van der Waals surface area (Å²) in [4.78, 5) is 38.2. The van der Waals surface area contributed by atoms with Crippen molar-refractivity contribution in [3.63, 3.8) is 0 Å². The van der Waals surface area contributed by atoms with Crippen LogP contribution in [0.3, 0.4) is 0 Å². The number of para-hydroxylation sites is 2. The van der Waals surface area contributed by atoms with Gasteiger partial charge in [-0.2, -0.15) is 0 Å². The van der Waals surface area contributed by atoms with Crippen molar-refractivity contribution in [1.82, 2.24) is 19.9 Å². The molecule has 1 aliphatic rings. The molecule has 0 bridgehead atoms. The molecule has 1 saturated heterocycles. The van der Waals surface area contributed by atoms with E-state index in [-0.39, 0.29) is 24.1 Å². The molecule has 0 radical (unpaired) electrons. The maximum atomic E-state index is 13.2. The molecule has 2 aromatic carbocycles. The first-order valence-electron chi connectivity index (χ1n) is 11.6. The van der Waals surface area contributed by atoms with Crippen LogP contribution in [0.4, 0.5) is 0 Å². The lowest BCUT2D eigenvalue weighted by atomic mass is 10.1. The Morgan fingerprint density at radius 1 is 1.12 bits per heavy atom. The largest absolute Gasteiger partial charge is 0.376 e. The average molecular weight is 445 g/mol. The van der Waals surface area contributed by atoms with Gasteiger partial charge in [0.2, 0.25) is 5.91 Å². The number of nitrogens with zero attached hydrogens (tertiary/aromatic N) is 2. The molecule has 5 rings (SSSR count). The van der Waals surface area contributed by atoms with Gasteiger partial charge in [0.25, 0.3) is 5.56 Å². The highest BCUT2D eigenvalue weighted by Gasteiger charge is 2.23. The van der Waals surface area contributed by atoms with E-state index in [1.807, 2.05) is 36.5 Å². The number of fused-ring (bicyclic) bond motifs is 2. The van der Waals surface area contributed by atoms with Gasteiger partial charge in [-0.15, -0.1) is 0 Å². The number of aromatic amines is 2.